The molecule has 1 saturated carbocycles. The maximum absolute atomic E-state index is 14.0. The molecule has 0 amide bonds. The third kappa shape index (κ3) is 3.64. The molecule has 0 bridgehead atoms. The fourth-order valence-electron chi connectivity index (χ4n) is 2.12. The van der Waals surface area contributed by atoms with Crippen LogP contribution in [0.4, 0.5) is 14.5 Å². The predicted octanol–water partition coefficient (Wildman–Crippen LogP) is 2.04. The summed E-state index contributed by atoms with van der Waals surface area (Å²) in [6, 6.07) is 3.24. The van der Waals surface area contributed by atoms with E-state index in [0.29, 0.717) is 24.7 Å². The number of rotatable bonds is 7. The number of aliphatic hydroxyl groups excluding tert-OH is 1. The molecule has 0 aromatic heterocycles. The van der Waals surface area contributed by atoms with Crippen LogP contribution in [0.15, 0.2) is 12.1 Å². The number of nitrogens with zero attached hydrogens (tertiary/aromatic N) is 1. The first-order valence-corrected chi connectivity index (χ1v) is 6.72. The fraction of sp³-hybridized carbons (Fsp3) is 0.571. The fourth-order valence-corrected chi connectivity index (χ4v) is 2.12. The summed E-state index contributed by atoms with van der Waals surface area (Å²) in [4.78, 5) is 1.50. The molecule has 0 aliphatic heterocycles. The summed E-state index contributed by atoms with van der Waals surface area (Å²) in [5.74, 6) is -1.13. The zero-order valence-electron chi connectivity index (χ0n) is 11.1. The van der Waals surface area contributed by atoms with Gasteiger partial charge in [-0.1, -0.05) is 0 Å². The van der Waals surface area contributed by atoms with E-state index < -0.39 is 11.6 Å². The second kappa shape index (κ2) is 6.30. The Morgan fingerprint density at radius 1 is 1.32 bits per heavy atom. The van der Waals surface area contributed by atoms with E-state index in [1.165, 1.54) is 17.0 Å². The van der Waals surface area contributed by atoms with Crippen molar-refractivity contribution >= 4 is 5.69 Å². The minimum atomic E-state index is -0.567. The highest BCUT2D eigenvalue weighted by molar-refractivity contribution is 5.50. The first kappa shape index (κ1) is 14.2. The molecule has 0 heterocycles. The number of benzene rings is 1. The van der Waals surface area contributed by atoms with Gasteiger partial charge in [-0.15, -0.1) is 0 Å². The van der Waals surface area contributed by atoms with Crippen molar-refractivity contribution < 1.29 is 13.9 Å². The van der Waals surface area contributed by atoms with E-state index in [4.69, 9.17) is 5.11 Å². The van der Waals surface area contributed by atoms with Gasteiger partial charge < -0.3 is 15.3 Å². The van der Waals surface area contributed by atoms with Crippen molar-refractivity contribution in [3.05, 3.63) is 29.3 Å². The molecule has 0 unspecified atom stereocenters. The molecule has 2 N–H and O–H groups in total. The quantitative estimate of drug-likeness (QED) is 0.796. The largest absolute Gasteiger partial charge is 0.395 e. The molecule has 1 aromatic carbocycles. The van der Waals surface area contributed by atoms with Crippen molar-refractivity contribution in [2.24, 2.45) is 0 Å². The Hall–Kier alpha value is -1.20. The maximum Gasteiger partial charge on any atom is 0.149 e. The average Bonchev–Trinajstić information content (AvgIpc) is 3.18. The van der Waals surface area contributed by atoms with Gasteiger partial charge in [0.1, 0.15) is 17.3 Å². The van der Waals surface area contributed by atoms with Gasteiger partial charge in [0.05, 0.1) is 6.61 Å². The molecule has 0 radical (unpaired) electrons. The van der Waals surface area contributed by atoms with Crippen LogP contribution in [0.1, 0.15) is 25.3 Å². The summed E-state index contributed by atoms with van der Waals surface area (Å²) in [6.07, 6.45) is 2.28. The molecule has 1 fully saturated rings. The molecule has 0 saturated heterocycles. The van der Waals surface area contributed by atoms with Crippen LogP contribution in [0.2, 0.25) is 0 Å². The van der Waals surface area contributed by atoms with Crippen LogP contribution in [0, 0.1) is 11.6 Å². The number of likely N-dealkylation sites (N-methyl/N-ethyl adjacent to an activating group) is 1. The van der Waals surface area contributed by atoms with Crippen LogP contribution in [0.5, 0.6) is 0 Å². The van der Waals surface area contributed by atoms with Crippen LogP contribution < -0.4 is 10.2 Å². The molecular formula is C14H20F2N2O. The summed E-state index contributed by atoms with van der Waals surface area (Å²) >= 11 is 0. The first-order chi connectivity index (χ1) is 9.15. The number of nitrogens with one attached hydrogen (secondary N) is 1. The summed E-state index contributed by atoms with van der Waals surface area (Å²) in [5, 5.41) is 12.1. The monoisotopic (exact) mass is 270 g/mol. The van der Waals surface area contributed by atoms with Crippen molar-refractivity contribution in [1.82, 2.24) is 5.32 Å². The van der Waals surface area contributed by atoms with Crippen LogP contribution >= 0.6 is 0 Å². The molecule has 1 aliphatic carbocycles. The van der Waals surface area contributed by atoms with Crippen LogP contribution in [-0.2, 0) is 6.54 Å². The highest BCUT2D eigenvalue weighted by Crippen LogP contribution is 2.25. The van der Waals surface area contributed by atoms with E-state index in [2.05, 4.69) is 5.32 Å². The maximum atomic E-state index is 14.0. The Balaban J connectivity index is 2.14. The van der Waals surface area contributed by atoms with E-state index in [9.17, 15) is 8.78 Å². The number of hydrogen-bond donors (Lipinski definition) is 2. The van der Waals surface area contributed by atoms with Crippen molar-refractivity contribution in [3.63, 3.8) is 0 Å². The summed E-state index contributed by atoms with van der Waals surface area (Å²) < 4.78 is 28.0. The average molecular weight is 270 g/mol. The molecule has 19 heavy (non-hydrogen) atoms. The van der Waals surface area contributed by atoms with Crippen LogP contribution in [-0.4, -0.2) is 30.8 Å². The van der Waals surface area contributed by atoms with Gasteiger partial charge in [0.2, 0.25) is 0 Å². The molecule has 5 heteroatoms. The topological polar surface area (TPSA) is 35.5 Å². The Morgan fingerprint density at radius 3 is 2.42 bits per heavy atom. The van der Waals surface area contributed by atoms with Gasteiger partial charge >= 0.3 is 0 Å². The van der Waals surface area contributed by atoms with Gasteiger partial charge in [-0.2, -0.15) is 0 Å². The minimum Gasteiger partial charge on any atom is -0.395 e. The second-order valence-corrected chi connectivity index (χ2v) is 4.87. The van der Waals surface area contributed by atoms with Gasteiger partial charge in [-0.3, -0.25) is 0 Å². The molecule has 3 nitrogen and oxygen atoms in total. The third-order valence-electron chi connectivity index (χ3n) is 3.32. The number of halogens is 2. The van der Waals surface area contributed by atoms with Crippen molar-refractivity contribution in [2.45, 2.75) is 32.4 Å². The van der Waals surface area contributed by atoms with Gasteiger partial charge in [-0.05, 0) is 37.5 Å². The van der Waals surface area contributed by atoms with Gasteiger partial charge in [0, 0.05) is 25.7 Å². The predicted molar refractivity (Wildman–Crippen MR) is 71.2 cm³/mol. The number of hydrogen-bond acceptors (Lipinski definition) is 3. The molecule has 0 atom stereocenters. The summed E-state index contributed by atoms with van der Waals surface area (Å²) in [6.45, 7) is 2.85. The Labute approximate surface area is 112 Å². The third-order valence-corrected chi connectivity index (χ3v) is 3.32. The Bertz CT molecular complexity index is 412. The van der Waals surface area contributed by atoms with Crippen LogP contribution in [0.25, 0.3) is 0 Å². The highest BCUT2D eigenvalue weighted by Gasteiger charge is 2.21. The molecule has 2 rings (SSSR count). The van der Waals surface area contributed by atoms with Crippen LogP contribution in [0.3, 0.4) is 0 Å². The molecule has 0 spiro atoms. The van der Waals surface area contributed by atoms with Gasteiger partial charge in [-0.25, -0.2) is 8.78 Å². The van der Waals surface area contributed by atoms with E-state index in [-0.39, 0.29) is 18.8 Å². The summed E-state index contributed by atoms with van der Waals surface area (Å²) in [7, 11) is 0. The SMILES string of the molecule is CCN(CCO)c1c(F)cc(CNC2CC2)cc1F. The van der Waals surface area contributed by atoms with Gasteiger partial charge in [0.25, 0.3) is 0 Å². The van der Waals surface area contributed by atoms with Crippen molar-refractivity contribution in [2.75, 3.05) is 24.6 Å². The normalized spacial score (nSPS) is 14.7. The van der Waals surface area contributed by atoms with E-state index in [0.717, 1.165) is 12.8 Å². The second-order valence-electron chi connectivity index (χ2n) is 4.87. The smallest absolute Gasteiger partial charge is 0.149 e. The number of anilines is 1. The molecule has 1 aromatic rings. The Morgan fingerprint density at radius 2 is 1.95 bits per heavy atom. The minimum absolute atomic E-state index is 0.0493. The molecule has 106 valence electrons. The van der Waals surface area contributed by atoms with E-state index in [1.54, 1.807) is 6.92 Å². The molecule has 1 aliphatic rings. The summed E-state index contributed by atoms with van der Waals surface area (Å²) in [5.41, 5.74) is 0.567. The lowest BCUT2D eigenvalue weighted by Gasteiger charge is -2.23. The van der Waals surface area contributed by atoms with E-state index in [1.807, 2.05) is 0 Å². The lowest BCUT2D eigenvalue weighted by atomic mass is 10.1. The zero-order chi connectivity index (χ0) is 13.8. The van der Waals surface area contributed by atoms with Crippen molar-refractivity contribution in [3.8, 4) is 0 Å². The first-order valence-electron chi connectivity index (χ1n) is 6.72. The lowest BCUT2D eigenvalue weighted by molar-refractivity contribution is 0.301. The van der Waals surface area contributed by atoms with Gasteiger partial charge in [0.15, 0.2) is 0 Å². The molecular weight excluding hydrogens is 250 g/mol. The van der Waals surface area contributed by atoms with E-state index >= 15 is 0 Å². The van der Waals surface area contributed by atoms with Crippen molar-refractivity contribution in [1.29, 1.82) is 0 Å². The number of aliphatic hydroxyl groups is 1. The Kier molecular flexibility index (Phi) is 4.71. The zero-order valence-corrected chi connectivity index (χ0v) is 11.1. The lowest BCUT2D eigenvalue weighted by Crippen LogP contribution is -2.28. The highest BCUT2D eigenvalue weighted by atomic mass is 19.1. The standard InChI is InChI=1S/C14H20F2N2O/c1-2-18(5-6-19)14-12(15)7-10(8-13(14)16)9-17-11-3-4-11/h7-8,11,17,19H,2-6,9H2,1H3.